The Kier molecular flexibility index (Phi) is 5.03. The predicted molar refractivity (Wildman–Crippen MR) is 86.6 cm³/mol. The van der Waals surface area contributed by atoms with Crippen LogP contribution in [0.5, 0.6) is 0 Å². The van der Waals surface area contributed by atoms with Crippen molar-refractivity contribution >= 4 is 23.2 Å². The van der Waals surface area contributed by atoms with Gasteiger partial charge in [0.25, 0.3) is 0 Å². The van der Waals surface area contributed by atoms with E-state index in [1.165, 1.54) is 28.3 Å². The molecule has 0 saturated carbocycles. The largest absolute Gasteiger partial charge is 0.377 e. The molecule has 0 aromatic heterocycles. The molecule has 2 unspecified atom stereocenters. The van der Waals surface area contributed by atoms with Crippen LogP contribution in [-0.2, 0) is 4.74 Å². The maximum atomic E-state index is 5.80. The molecule has 2 aromatic carbocycles. The number of rotatable bonds is 3. The Balaban J connectivity index is 0.00000147. The molecule has 20 heavy (non-hydrogen) atoms. The molecule has 2 aromatic rings. The molecule has 3 heteroatoms. The fourth-order valence-electron chi connectivity index (χ4n) is 3.44. The highest BCUT2D eigenvalue weighted by Gasteiger charge is 2.28. The highest BCUT2D eigenvalue weighted by Crippen LogP contribution is 2.43. The van der Waals surface area contributed by atoms with Crippen LogP contribution >= 0.6 is 12.4 Å². The van der Waals surface area contributed by atoms with Crippen LogP contribution in [0.4, 0.5) is 0 Å². The lowest BCUT2D eigenvalue weighted by molar-refractivity contribution is 0.0841. The third-order valence-electron chi connectivity index (χ3n) is 4.34. The lowest BCUT2D eigenvalue weighted by Gasteiger charge is -2.32. The van der Waals surface area contributed by atoms with Crippen molar-refractivity contribution in [2.75, 3.05) is 13.7 Å². The van der Waals surface area contributed by atoms with E-state index in [9.17, 15) is 0 Å². The maximum absolute atomic E-state index is 5.80. The van der Waals surface area contributed by atoms with Gasteiger partial charge in [-0.15, -0.1) is 12.4 Å². The van der Waals surface area contributed by atoms with Crippen LogP contribution in [0.1, 0.15) is 42.4 Å². The van der Waals surface area contributed by atoms with Crippen LogP contribution in [0.2, 0.25) is 0 Å². The van der Waals surface area contributed by atoms with E-state index in [2.05, 4.69) is 36.4 Å². The van der Waals surface area contributed by atoms with Gasteiger partial charge in [0.05, 0.1) is 6.10 Å². The molecule has 2 N–H and O–H groups in total. The van der Waals surface area contributed by atoms with E-state index in [-0.39, 0.29) is 18.5 Å². The smallest absolute Gasteiger partial charge is 0.0824 e. The van der Waals surface area contributed by atoms with Crippen molar-refractivity contribution in [2.45, 2.75) is 31.3 Å². The normalized spacial score (nSPS) is 21.3. The van der Waals surface area contributed by atoms with E-state index in [4.69, 9.17) is 10.5 Å². The van der Waals surface area contributed by atoms with E-state index in [1.807, 2.05) is 7.11 Å². The van der Waals surface area contributed by atoms with Gasteiger partial charge in [0.1, 0.15) is 0 Å². The molecule has 0 radical (unpaired) electrons. The molecule has 108 valence electrons. The third kappa shape index (κ3) is 2.56. The molecule has 3 rings (SSSR count). The SMILES string of the molecule is COC1CCC(CCN)c2c1ccc1ccccc21.Cl. The van der Waals surface area contributed by atoms with Gasteiger partial charge in [-0.3, -0.25) is 0 Å². The summed E-state index contributed by atoms with van der Waals surface area (Å²) >= 11 is 0. The highest BCUT2D eigenvalue weighted by atomic mass is 35.5. The Morgan fingerprint density at radius 3 is 2.70 bits per heavy atom. The minimum Gasteiger partial charge on any atom is -0.377 e. The molecule has 0 heterocycles. The quantitative estimate of drug-likeness (QED) is 0.921. The number of nitrogens with two attached hydrogens (primary N) is 1. The average molecular weight is 292 g/mol. The lowest BCUT2D eigenvalue weighted by Crippen LogP contribution is -2.18. The van der Waals surface area contributed by atoms with Gasteiger partial charge in [-0.2, -0.15) is 0 Å². The first kappa shape index (κ1) is 15.3. The second-order valence-electron chi connectivity index (χ2n) is 5.37. The summed E-state index contributed by atoms with van der Waals surface area (Å²) in [5.41, 5.74) is 8.64. The Morgan fingerprint density at radius 1 is 1.15 bits per heavy atom. The Morgan fingerprint density at radius 2 is 1.95 bits per heavy atom. The molecule has 0 fully saturated rings. The van der Waals surface area contributed by atoms with Crippen molar-refractivity contribution in [3.8, 4) is 0 Å². The summed E-state index contributed by atoms with van der Waals surface area (Å²) in [5.74, 6) is 0.581. The summed E-state index contributed by atoms with van der Waals surface area (Å²) < 4.78 is 5.66. The van der Waals surface area contributed by atoms with E-state index in [0.717, 1.165) is 19.4 Å². The zero-order valence-electron chi connectivity index (χ0n) is 11.8. The van der Waals surface area contributed by atoms with Gasteiger partial charge >= 0.3 is 0 Å². The minimum atomic E-state index is 0. The van der Waals surface area contributed by atoms with Gasteiger partial charge in [0.15, 0.2) is 0 Å². The number of methoxy groups -OCH3 is 1. The fraction of sp³-hybridized carbons (Fsp3) is 0.412. The topological polar surface area (TPSA) is 35.2 Å². The van der Waals surface area contributed by atoms with Crippen molar-refractivity contribution in [1.29, 1.82) is 0 Å². The van der Waals surface area contributed by atoms with Gasteiger partial charge < -0.3 is 10.5 Å². The molecule has 0 spiro atoms. The first-order valence-corrected chi connectivity index (χ1v) is 7.09. The maximum Gasteiger partial charge on any atom is 0.0824 e. The predicted octanol–water partition coefficient (Wildman–Crippen LogP) is 4.18. The van der Waals surface area contributed by atoms with Crippen LogP contribution in [0.25, 0.3) is 10.8 Å². The third-order valence-corrected chi connectivity index (χ3v) is 4.34. The van der Waals surface area contributed by atoms with Gasteiger partial charge in [-0.1, -0.05) is 36.4 Å². The van der Waals surface area contributed by atoms with Crippen LogP contribution in [0.15, 0.2) is 36.4 Å². The molecule has 0 bridgehead atoms. The molecule has 2 atom stereocenters. The van der Waals surface area contributed by atoms with Crippen LogP contribution in [-0.4, -0.2) is 13.7 Å². The monoisotopic (exact) mass is 291 g/mol. The molecular formula is C17H22ClNO. The second kappa shape index (κ2) is 6.57. The van der Waals surface area contributed by atoms with Crippen molar-refractivity contribution < 1.29 is 4.74 Å². The number of hydrogen-bond donors (Lipinski definition) is 1. The second-order valence-corrected chi connectivity index (χ2v) is 5.37. The summed E-state index contributed by atoms with van der Waals surface area (Å²) in [7, 11) is 1.81. The molecule has 1 aliphatic rings. The van der Waals surface area contributed by atoms with Crippen molar-refractivity contribution in [3.63, 3.8) is 0 Å². The number of hydrogen-bond acceptors (Lipinski definition) is 2. The summed E-state index contributed by atoms with van der Waals surface area (Å²) in [4.78, 5) is 0. The van der Waals surface area contributed by atoms with Crippen LogP contribution in [0, 0.1) is 0 Å². The summed E-state index contributed by atoms with van der Waals surface area (Å²) in [6.45, 7) is 0.755. The molecule has 1 aliphatic carbocycles. The molecule has 2 nitrogen and oxygen atoms in total. The van der Waals surface area contributed by atoms with Crippen molar-refractivity contribution in [3.05, 3.63) is 47.5 Å². The number of halogens is 1. The summed E-state index contributed by atoms with van der Waals surface area (Å²) in [6, 6.07) is 13.1. The molecule has 0 aliphatic heterocycles. The van der Waals surface area contributed by atoms with Crippen molar-refractivity contribution in [2.24, 2.45) is 5.73 Å². The fourth-order valence-corrected chi connectivity index (χ4v) is 3.44. The van der Waals surface area contributed by atoms with Gasteiger partial charge in [0, 0.05) is 7.11 Å². The van der Waals surface area contributed by atoms with E-state index in [0.29, 0.717) is 5.92 Å². The van der Waals surface area contributed by atoms with E-state index in [1.54, 1.807) is 0 Å². The Bertz CT molecular complexity index is 584. The first-order chi connectivity index (χ1) is 9.35. The first-order valence-electron chi connectivity index (χ1n) is 7.09. The van der Waals surface area contributed by atoms with E-state index >= 15 is 0 Å². The standard InChI is InChI=1S/C17H21NO.ClH/c1-19-16-9-7-13(10-11-18)17-14-5-3-2-4-12(14)6-8-15(16)17;/h2-6,8,13,16H,7,9-11,18H2,1H3;1H. The molecular weight excluding hydrogens is 270 g/mol. The summed E-state index contributed by atoms with van der Waals surface area (Å²) in [5, 5.41) is 2.69. The lowest BCUT2D eigenvalue weighted by atomic mass is 9.77. The number of benzene rings is 2. The number of ether oxygens (including phenoxy) is 1. The Labute approximate surface area is 126 Å². The molecule has 0 saturated heterocycles. The molecule has 0 amide bonds. The Hall–Kier alpha value is -1.09. The minimum absolute atomic E-state index is 0. The highest BCUT2D eigenvalue weighted by molar-refractivity contribution is 5.87. The van der Waals surface area contributed by atoms with Crippen LogP contribution in [0.3, 0.4) is 0 Å². The van der Waals surface area contributed by atoms with Gasteiger partial charge in [-0.25, -0.2) is 0 Å². The van der Waals surface area contributed by atoms with Crippen molar-refractivity contribution in [1.82, 2.24) is 0 Å². The average Bonchev–Trinajstić information content (AvgIpc) is 2.47. The zero-order valence-corrected chi connectivity index (χ0v) is 12.7. The van der Waals surface area contributed by atoms with Crippen LogP contribution < -0.4 is 5.73 Å². The van der Waals surface area contributed by atoms with Gasteiger partial charge in [-0.05, 0) is 53.6 Å². The van der Waals surface area contributed by atoms with E-state index < -0.39 is 0 Å². The zero-order chi connectivity index (χ0) is 13.2. The van der Waals surface area contributed by atoms with Gasteiger partial charge in [0.2, 0.25) is 0 Å². The summed E-state index contributed by atoms with van der Waals surface area (Å²) in [6.07, 6.45) is 3.59. The number of fused-ring (bicyclic) bond motifs is 3.